The molecule has 5 rings (SSSR count). The molecule has 2 aromatic heterocycles. The van der Waals surface area contributed by atoms with Gasteiger partial charge in [-0.25, -0.2) is 9.69 Å². The van der Waals surface area contributed by atoms with Crippen molar-refractivity contribution in [1.29, 1.82) is 0 Å². The molecule has 3 aliphatic heterocycles. The lowest BCUT2D eigenvalue weighted by molar-refractivity contribution is 0.00578. The van der Waals surface area contributed by atoms with E-state index in [1.165, 1.54) is 12.4 Å². The molecule has 3 fully saturated rings. The van der Waals surface area contributed by atoms with Crippen LogP contribution in [0.25, 0.3) is 9.69 Å². The molecule has 10 nitrogen and oxygen atoms in total. The first kappa shape index (κ1) is 38.9. The summed E-state index contributed by atoms with van der Waals surface area (Å²) in [5, 5.41) is 0. The maximum Gasteiger partial charge on any atom is 0.495 e. The van der Waals surface area contributed by atoms with Crippen LogP contribution in [0.15, 0.2) is 41.4 Å². The molecule has 0 aliphatic carbocycles. The van der Waals surface area contributed by atoms with Crippen molar-refractivity contribution in [1.82, 2.24) is 9.97 Å². The molecule has 3 saturated heterocycles. The Kier molecular flexibility index (Phi) is 12.0. The zero-order chi connectivity index (χ0) is 33.4. The minimum atomic E-state index is -0.476. The highest BCUT2D eigenvalue weighted by Crippen LogP contribution is 2.43. The molecule has 3 aliphatic rings. The van der Waals surface area contributed by atoms with Gasteiger partial charge >= 0.3 is 21.1 Å². The van der Waals surface area contributed by atoms with Crippen molar-refractivity contribution in [3.05, 3.63) is 64.2 Å². The Bertz CT molecular complexity index is 1340. The van der Waals surface area contributed by atoms with Crippen LogP contribution >= 0.6 is 15.9 Å². The summed E-state index contributed by atoms with van der Waals surface area (Å²) in [5.41, 5.74) is -0.332. The molecule has 242 valence electrons. The van der Waals surface area contributed by atoms with E-state index in [2.05, 4.69) is 35.6 Å². The number of hydrogen-bond donors (Lipinski definition) is 0. The molecule has 0 amide bonds. The van der Waals surface area contributed by atoms with Gasteiger partial charge in [0.15, 0.2) is 0 Å². The first-order valence-electron chi connectivity index (χ1n) is 14.4. The molecule has 0 bridgehead atoms. The predicted octanol–water partition coefficient (Wildman–Crippen LogP) is 7.21. The second kappa shape index (κ2) is 13.8. The quantitative estimate of drug-likeness (QED) is 0.243. The molecule has 0 atom stereocenters. The zero-order valence-corrected chi connectivity index (χ0v) is 29.4. The Morgan fingerprint density at radius 2 is 0.889 bits per heavy atom. The SMILES string of the molecule is C.CC1(C)OB(B2OC(C)(C)C(C)(C)O2)OC1(C)C.[C-]#[N+]c1cncc(B2OC(C)(C)C(C)(C)O2)c1.[C-]#[N+]c1cncc(Br)c1. The summed E-state index contributed by atoms with van der Waals surface area (Å²) in [6.45, 7) is 37.8. The largest absolute Gasteiger partial charge is 0.495 e. The highest BCUT2D eigenvalue weighted by molar-refractivity contribution is 9.10. The second-order valence-corrected chi connectivity index (χ2v) is 14.8. The van der Waals surface area contributed by atoms with Crippen LogP contribution in [0.2, 0.25) is 0 Å². The lowest BCUT2D eigenvalue weighted by Gasteiger charge is -2.32. The fourth-order valence-corrected chi connectivity index (χ4v) is 4.43. The van der Waals surface area contributed by atoms with E-state index in [-0.39, 0.29) is 41.0 Å². The van der Waals surface area contributed by atoms with Crippen LogP contribution in [0.3, 0.4) is 0 Å². The third-order valence-electron chi connectivity index (χ3n) is 8.98. The van der Waals surface area contributed by atoms with Crippen molar-refractivity contribution in [2.75, 3.05) is 0 Å². The van der Waals surface area contributed by atoms with Gasteiger partial charge in [0.2, 0.25) is 11.4 Å². The molecule has 5 heterocycles. The predicted molar refractivity (Wildman–Crippen MR) is 183 cm³/mol. The number of aromatic nitrogens is 2. The third-order valence-corrected chi connectivity index (χ3v) is 9.42. The van der Waals surface area contributed by atoms with E-state index in [0.717, 1.165) is 9.94 Å². The molecular formula is C31H46B3BrN4O6. The van der Waals surface area contributed by atoms with E-state index in [1.807, 2.05) is 83.1 Å². The molecular weight excluding hydrogens is 637 g/mol. The lowest BCUT2D eigenvalue weighted by atomic mass is 9.49. The maximum absolute atomic E-state index is 6.97. The van der Waals surface area contributed by atoms with Gasteiger partial charge in [0.05, 0.1) is 46.8 Å². The van der Waals surface area contributed by atoms with Crippen LogP contribution in [0.4, 0.5) is 11.4 Å². The number of nitrogens with zero attached hydrogens (tertiary/aromatic N) is 4. The smallest absolute Gasteiger partial charge is 0.405 e. The summed E-state index contributed by atoms with van der Waals surface area (Å²) in [6.07, 6.45) is 6.38. The van der Waals surface area contributed by atoms with E-state index in [9.17, 15) is 0 Å². The minimum Gasteiger partial charge on any atom is -0.405 e. The standard InChI is InChI=1S/C12H24B2O4.C12H15BN2O2.C6H3BrN2.CH4/c1-9(2)10(3,4)16-13(15-9)14-17-11(5,6)12(7,8)18-14;1-11(2)12(3,4)17-13(16-11)9-6-10(14-5)8-15-7-9;1-8-6-2-5(7)3-9-4-6;/h1-8H3;6-8H,1-4H3;2-4H;1H4. The number of pyridine rings is 2. The van der Waals surface area contributed by atoms with Gasteiger partial charge in [-0.15, -0.1) is 0 Å². The highest BCUT2D eigenvalue weighted by Gasteiger charge is 2.63. The van der Waals surface area contributed by atoms with Crippen molar-refractivity contribution in [3.63, 3.8) is 0 Å². The summed E-state index contributed by atoms with van der Waals surface area (Å²) in [6, 6.07) is 3.47. The Morgan fingerprint density at radius 1 is 0.556 bits per heavy atom. The van der Waals surface area contributed by atoms with E-state index in [0.29, 0.717) is 11.4 Å². The topological polar surface area (TPSA) is 89.9 Å². The van der Waals surface area contributed by atoms with Gasteiger partial charge in [-0.05, 0) is 94.6 Å². The molecule has 0 spiro atoms. The zero-order valence-electron chi connectivity index (χ0n) is 27.8. The Hall–Kier alpha value is -2.29. The van der Waals surface area contributed by atoms with Crippen LogP contribution in [0.5, 0.6) is 0 Å². The monoisotopic (exact) mass is 682 g/mol. The first-order chi connectivity index (χ1) is 20.1. The average molecular weight is 683 g/mol. The van der Waals surface area contributed by atoms with Crippen LogP contribution in [0, 0.1) is 13.1 Å². The maximum atomic E-state index is 6.97. The molecule has 0 radical (unpaired) electrons. The summed E-state index contributed by atoms with van der Waals surface area (Å²) in [7, 11) is -1.40. The fraction of sp³-hybridized carbons (Fsp3) is 0.613. The van der Waals surface area contributed by atoms with Crippen molar-refractivity contribution in [3.8, 4) is 0 Å². The van der Waals surface area contributed by atoms with Gasteiger partial charge in [-0.2, -0.15) is 0 Å². The number of rotatable bonds is 2. The van der Waals surface area contributed by atoms with E-state index in [4.69, 9.17) is 41.1 Å². The van der Waals surface area contributed by atoms with Crippen LogP contribution in [-0.2, 0) is 27.9 Å². The van der Waals surface area contributed by atoms with Gasteiger partial charge in [0, 0.05) is 29.3 Å². The summed E-state index contributed by atoms with van der Waals surface area (Å²) < 4.78 is 36.5. The molecule has 0 saturated carbocycles. The van der Waals surface area contributed by atoms with Gasteiger partial charge < -0.3 is 27.9 Å². The van der Waals surface area contributed by atoms with Gasteiger partial charge in [-0.3, -0.25) is 9.97 Å². The van der Waals surface area contributed by atoms with Crippen molar-refractivity contribution in [2.24, 2.45) is 0 Å². The summed E-state index contributed by atoms with van der Waals surface area (Å²) in [5.74, 6) is 0. The molecule has 45 heavy (non-hydrogen) atoms. The Morgan fingerprint density at radius 3 is 1.22 bits per heavy atom. The van der Waals surface area contributed by atoms with Gasteiger partial charge in [-0.1, -0.05) is 29.4 Å². The summed E-state index contributed by atoms with van der Waals surface area (Å²) in [4.78, 5) is 14.4. The van der Waals surface area contributed by atoms with E-state index < -0.39 is 21.1 Å². The molecule has 2 aromatic rings. The summed E-state index contributed by atoms with van der Waals surface area (Å²) >= 11 is 3.20. The third kappa shape index (κ3) is 8.75. The Labute approximate surface area is 279 Å². The lowest BCUT2D eigenvalue weighted by Crippen LogP contribution is -2.41. The van der Waals surface area contributed by atoms with Gasteiger partial charge in [0.25, 0.3) is 0 Å². The average Bonchev–Trinajstić information content (AvgIpc) is 3.38. The molecule has 0 N–H and O–H groups in total. The minimum absolute atomic E-state index is 0. The second-order valence-electron chi connectivity index (χ2n) is 13.9. The van der Waals surface area contributed by atoms with E-state index >= 15 is 0 Å². The highest BCUT2D eigenvalue weighted by atomic mass is 79.9. The fourth-order valence-electron chi connectivity index (χ4n) is 4.08. The van der Waals surface area contributed by atoms with Gasteiger partial charge in [0.1, 0.15) is 0 Å². The number of hydrogen-bond acceptors (Lipinski definition) is 8. The normalized spacial score (nSPS) is 22.5. The molecule has 0 unspecified atom stereocenters. The van der Waals surface area contributed by atoms with E-state index in [1.54, 1.807) is 24.5 Å². The van der Waals surface area contributed by atoms with Crippen LogP contribution in [-0.4, -0.2) is 64.7 Å². The van der Waals surface area contributed by atoms with Crippen LogP contribution < -0.4 is 5.46 Å². The molecule has 0 aromatic carbocycles. The van der Waals surface area contributed by atoms with Crippen molar-refractivity contribution < 1.29 is 27.9 Å². The Balaban J connectivity index is 0.000000245. The number of halogens is 1. The van der Waals surface area contributed by atoms with Crippen LogP contribution in [0.1, 0.15) is 90.5 Å². The van der Waals surface area contributed by atoms with Crippen molar-refractivity contribution >= 4 is 53.9 Å². The first-order valence-corrected chi connectivity index (χ1v) is 15.2. The van der Waals surface area contributed by atoms with Crippen molar-refractivity contribution in [2.45, 2.75) is 124 Å². The molecule has 14 heteroatoms.